The molecule has 0 aromatic heterocycles. The van der Waals surface area contributed by atoms with Crippen LogP contribution in [0.4, 0.5) is 0 Å². The van der Waals surface area contributed by atoms with Crippen LogP contribution in [0.5, 0.6) is 0 Å². The Bertz CT molecular complexity index is 279. The van der Waals surface area contributed by atoms with E-state index >= 15 is 0 Å². The summed E-state index contributed by atoms with van der Waals surface area (Å²) in [5.41, 5.74) is 0. The molecular formula is C3H9LiO12P3V-5. The second-order valence-corrected chi connectivity index (χ2v) is 5.67. The summed E-state index contributed by atoms with van der Waals surface area (Å²) in [6.07, 6.45) is 0. The van der Waals surface area contributed by atoms with Gasteiger partial charge in [0.15, 0.2) is 0 Å². The maximum absolute atomic E-state index is 9.25. The van der Waals surface area contributed by atoms with Gasteiger partial charge < -0.3 is 56.6 Å². The normalized spacial score (nSPS) is 10.7. The van der Waals surface area contributed by atoms with E-state index in [4.69, 9.17) is 0 Å². The van der Waals surface area contributed by atoms with Gasteiger partial charge in [0.25, 0.3) is 0 Å². The van der Waals surface area contributed by atoms with Crippen molar-refractivity contribution in [2.75, 3.05) is 21.3 Å². The topological polar surface area (TPSA) is 217 Å². The third-order valence-corrected chi connectivity index (χ3v) is 2.01. The van der Waals surface area contributed by atoms with Crippen LogP contribution < -0.4 is 48.2 Å². The van der Waals surface area contributed by atoms with E-state index in [0.717, 1.165) is 21.3 Å². The molecule has 0 N–H and O–H groups in total. The first kappa shape index (κ1) is 33.2. The fourth-order valence-corrected chi connectivity index (χ4v) is 0. The molecule has 0 aliphatic heterocycles. The smallest absolute Gasteiger partial charge is 0.790 e. The molecule has 0 fully saturated rings. The fourth-order valence-electron chi connectivity index (χ4n) is 0. The molecule has 0 aromatic carbocycles. The number of hydrogen-bond acceptors (Lipinski definition) is 12. The fraction of sp³-hybridized carbons (Fsp3) is 1.00. The van der Waals surface area contributed by atoms with Gasteiger partial charge in [0.2, 0.25) is 0 Å². The van der Waals surface area contributed by atoms with Crippen LogP contribution in [-0.4, -0.2) is 21.3 Å². The summed E-state index contributed by atoms with van der Waals surface area (Å²) >= 11 is 0. The standard InChI is InChI=1S/3CH5O4P.Li.V/c3*1-5-6(2,3)4;;/h3*1H3,(H2,2,3,4);;/q;;;+1;/p-6. The van der Waals surface area contributed by atoms with Crippen LogP contribution in [0, 0.1) is 0 Å². The van der Waals surface area contributed by atoms with Gasteiger partial charge in [-0.1, -0.05) is 0 Å². The third kappa shape index (κ3) is 60.5. The average Bonchev–Trinajstić information content (AvgIpc) is 2.16. The zero-order valence-electron chi connectivity index (χ0n) is 10.7. The SMILES string of the molecule is COP(=O)([O-])[O-].COP(=O)([O-])[O-].COP(=O)([O-])[O-].[Li+].[V]. The van der Waals surface area contributed by atoms with Crippen LogP contribution in [0.1, 0.15) is 0 Å². The van der Waals surface area contributed by atoms with Crippen LogP contribution in [0.15, 0.2) is 0 Å². The Hall–Kier alpha value is 1.51. The minimum absolute atomic E-state index is 0. The minimum atomic E-state index is -4.65. The van der Waals surface area contributed by atoms with Crippen molar-refractivity contribution in [3.05, 3.63) is 0 Å². The molecule has 0 aromatic rings. The average molecular weight is 388 g/mol. The van der Waals surface area contributed by atoms with Gasteiger partial charge in [-0.15, -0.1) is 0 Å². The Labute approximate surface area is 139 Å². The van der Waals surface area contributed by atoms with E-state index in [-0.39, 0.29) is 37.4 Å². The molecule has 17 heteroatoms. The summed E-state index contributed by atoms with van der Waals surface area (Å²) in [4.78, 5) is 55.5. The molecule has 0 spiro atoms. The Balaban J connectivity index is -0.0000000536. The molecule has 20 heavy (non-hydrogen) atoms. The van der Waals surface area contributed by atoms with Crippen molar-refractivity contribution < 1.29 is 94.0 Å². The summed E-state index contributed by atoms with van der Waals surface area (Å²) in [5, 5.41) is 0. The molecule has 0 amide bonds. The van der Waals surface area contributed by atoms with Crippen molar-refractivity contribution in [1.29, 1.82) is 0 Å². The molecule has 0 aliphatic rings. The van der Waals surface area contributed by atoms with Gasteiger partial charge in [-0.05, 0) is 0 Å². The van der Waals surface area contributed by atoms with E-state index in [2.05, 4.69) is 13.6 Å². The van der Waals surface area contributed by atoms with Crippen molar-refractivity contribution in [2.45, 2.75) is 0 Å². The van der Waals surface area contributed by atoms with Crippen LogP contribution in [0.3, 0.4) is 0 Å². The molecular weight excluding hydrogens is 379 g/mol. The molecule has 0 atom stereocenters. The first-order chi connectivity index (χ1) is 7.68. The Morgan fingerprint density at radius 1 is 0.600 bits per heavy atom. The number of hydrogen-bond donors (Lipinski definition) is 0. The van der Waals surface area contributed by atoms with E-state index in [1.54, 1.807) is 0 Å². The van der Waals surface area contributed by atoms with Crippen molar-refractivity contribution in [2.24, 2.45) is 0 Å². The molecule has 119 valence electrons. The molecule has 0 bridgehead atoms. The molecule has 12 nitrogen and oxygen atoms in total. The summed E-state index contributed by atoms with van der Waals surface area (Å²) in [7, 11) is -11.5. The van der Waals surface area contributed by atoms with Crippen molar-refractivity contribution in [1.82, 2.24) is 0 Å². The van der Waals surface area contributed by atoms with Crippen LogP contribution >= 0.6 is 23.5 Å². The second kappa shape index (κ2) is 15.4. The van der Waals surface area contributed by atoms with Gasteiger partial charge in [-0.25, -0.2) is 0 Å². The predicted molar refractivity (Wildman–Crippen MR) is 43.8 cm³/mol. The monoisotopic (exact) mass is 388 g/mol. The van der Waals surface area contributed by atoms with Crippen molar-refractivity contribution in [3.63, 3.8) is 0 Å². The van der Waals surface area contributed by atoms with Gasteiger partial charge in [0.1, 0.15) is 0 Å². The van der Waals surface area contributed by atoms with Crippen LogP contribution in [0.2, 0.25) is 0 Å². The summed E-state index contributed by atoms with van der Waals surface area (Å²) < 4.78 is 37.9. The molecule has 0 saturated carbocycles. The van der Waals surface area contributed by atoms with E-state index < -0.39 is 23.5 Å². The summed E-state index contributed by atoms with van der Waals surface area (Å²) in [5.74, 6) is 0. The Morgan fingerprint density at radius 2 is 0.650 bits per heavy atom. The second-order valence-electron chi connectivity index (χ2n) is 1.89. The quantitative estimate of drug-likeness (QED) is 0.325. The summed E-state index contributed by atoms with van der Waals surface area (Å²) in [6, 6.07) is 0. The van der Waals surface area contributed by atoms with Gasteiger partial charge in [0.05, 0.1) is 23.5 Å². The number of phosphoric ester groups is 3. The Kier molecular flexibility index (Phi) is 25.6. The molecule has 0 aliphatic carbocycles. The number of rotatable bonds is 3. The minimum Gasteiger partial charge on any atom is -0.790 e. The third-order valence-electron chi connectivity index (χ3n) is 0.671. The maximum Gasteiger partial charge on any atom is 1.00 e. The molecule has 0 rings (SSSR count). The zero-order valence-corrected chi connectivity index (χ0v) is 14.8. The van der Waals surface area contributed by atoms with E-state index in [1.807, 2.05) is 0 Å². The van der Waals surface area contributed by atoms with Crippen LogP contribution in [-0.2, 0) is 45.8 Å². The predicted octanol–water partition coefficient (Wildman–Crippen LogP) is -7.61. The van der Waals surface area contributed by atoms with E-state index in [1.165, 1.54) is 0 Å². The van der Waals surface area contributed by atoms with Gasteiger partial charge >= 0.3 is 18.9 Å². The molecule has 0 heterocycles. The first-order valence-electron chi connectivity index (χ1n) is 3.42. The number of phosphoric acid groups is 3. The molecule has 0 saturated heterocycles. The van der Waals surface area contributed by atoms with Crippen LogP contribution in [0.25, 0.3) is 0 Å². The van der Waals surface area contributed by atoms with Gasteiger partial charge in [-0.2, -0.15) is 0 Å². The zero-order chi connectivity index (χ0) is 15.6. The largest absolute Gasteiger partial charge is 1.00 e. The maximum atomic E-state index is 9.25. The van der Waals surface area contributed by atoms with Gasteiger partial charge in [-0.3, -0.25) is 0 Å². The Morgan fingerprint density at radius 3 is 0.650 bits per heavy atom. The molecule has 0 unspecified atom stereocenters. The van der Waals surface area contributed by atoms with Gasteiger partial charge in [0, 0.05) is 39.9 Å². The molecule has 1 radical (unpaired) electrons. The van der Waals surface area contributed by atoms with E-state index in [9.17, 15) is 43.1 Å². The first-order valence-corrected chi connectivity index (χ1v) is 7.80. The van der Waals surface area contributed by atoms with E-state index in [0.29, 0.717) is 0 Å². The summed E-state index contributed by atoms with van der Waals surface area (Å²) in [6.45, 7) is 0. The van der Waals surface area contributed by atoms with Crippen molar-refractivity contribution >= 4 is 23.5 Å². The van der Waals surface area contributed by atoms with Crippen molar-refractivity contribution in [3.8, 4) is 0 Å².